The van der Waals surface area contributed by atoms with Crippen LogP contribution in [0.2, 0.25) is 0 Å². The first-order chi connectivity index (χ1) is 8.97. The summed E-state index contributed by atoms with van der Waals surface area (Å²) >= 11 is 1.29. The lowest BCUT2D eigenvalue weighted by Crippen LogP contribution is -2.11. The van der Waals surface area contributed by atoms with Crippen molar-refractivity contribution in [3.63, 3.8) is 0 Å². The summed E-state index contributed by atoms with van der Waals surface area (Å²) in [4.78, 5) is 23.0. The first-order valence-corrected chi connectivity index (χ1v) is 6.36. The monoisotopic (exact) mass is 275 g/mol. The third kappa shape index (κ3) is 2.92. The fourth-order valence-corrected chi connectivity index (χ4v) is 2.62. The van der Waals surface area contributed by atoms with Crippen LogP contribution in [-0.4, -0.2) is 11.8 Å². The molecule has 0 unspecified atom stereocenters. The zero-order valence-corrected chi connectivity index (χ0v) is 11.1. The van der Waals surface area contributed by atoms with E-state index in [1.165, 1.54) is 18.3 Å². The van der Waals surface area contributed by atoms with Crippen LogP contribution in [0.5, 0.6) is 0 Å². The van der Waals surface area contributed by atoms with E-state index < -0.39 is 5.91 Å². The molecule has 0 saturated heterocycles. The number of hydrogen-bond acceptors (Lipinski definition) is 4. The minimum atomic E-state index is -0.544. The molecule has 0 aliphatic heterocycles. The largest absolute Gasteiger partial charge is 0.390 e. The van der Waals surface area contributed by atoms with Gasteiger partial charge in [-0.1, -0.05) is 12.1 Å². The second kappa shape index (κ2) is 5.11. The number of carbonyl (C=O) groups excluding carboxylic acids is 2. The topological polar surface area (TPSA) is 98.2 Å². The van der Waals surface area contributed by atoms with E-state index in [1.54, 1.807) is 12.1 Å². The van der Waals surface area contributed by atoms with E-state index in [4.69, 9.17) is 11.5 Å². The zero-order chi connectivity index (χ0) is 14.0. The lowest BCUT2D eigenvalue weighted by Gasteiger charge is -2.03. The molecular formula is C13H13N3O2S. The number of anilines is 2. The Hall–Kier alpha value is -2.34. The van der Waals surface area contributed by atoms with Gasteiger partial charge in [0.05, 0.1) is 10.6 Å². The fraction of sp³-hybridized carbons (Fsp3) is 0.0769. The molecule has 1 heterocycles. The predicted molar refractivity (Wildman–Crippen MR) is 77.0 cm³/mol. The highest BCUT2D eigenvalue weighted by atomic mass is 32.1. The molecule has 2 aromatic rings. The Morgan fingerprint density at radius 1 is 1.26 bits per heavy atom. The zero-order valence-electron chi connectivity index (χ0n) is 10.3. The molecule has 5 N–H and O–H groups in total. The first kappa shape index (κ1) is 13.1. The molecule has 0 saturated carbocycles. The van der Waals surface area contributed by atoms with Crippen LogP contribution in [0.15, 0.2) is 30.3 Å². The summed E-state index contributed by atoms with van der Waals surface area (Å²) in [5, 5.41) is 3.10. The van der Waals surface area contributed by atoms with Gasteiger partial charge in [0.2, 0.25) is 5.91 Å². The number of nitrogen functional groups attached to an aromatic ring is 1. The molecule has 19 heavy (non-hydrogen) atoms. The smallest absolute Gasteiger partial charge is 0.251 e. The summed E-state index contributed by atoms with van der Waals surface area (Å²) in [5.41, 5.74) is 12.9. The van der Waals surface area contributed by atoms with Crippen LogP contribution in [-0.2, 0) is 4.79 Å². The second-order valence-electron chi connectivity index (χ2n) is 4.01. The van der Waals surface area contributed by atoms with Crippen molar-refractivity contribution in [2.24, 2.45) is 5.73 Å². The van der Waals surface area contributed by atoms with Crippen molar-refractivity contribution < 1.29 is 9.59 Å². The number of primary amides is 1. The Morgan fingerprint density at radius 3 is 2.58 bits per heavy atom. The Morgan fingerprint density at radius 2 is 2.00 bits per heavy atom. The van der Waals surface area contributed by atoms with E-state index in [0.717, 1.165) is 10.4 Å². The normalized spacial score (nSPS) is 10.2. The summed E-state index contributed by atoms with van der Waals surface area (Å²) in [7, 11) is 0. The van der Waals surface area contributed by atoms with Crippen molar-refractivity contribution >= 4 is 33.8 Å². The minimum Gasteiger partial charge on any atom is -0.390 e. The van der Waals surface area contributed by atoms with Gasteiger partial charge >= 0.3 is 0 Å². The molecule has 2 rings (SSSR count). The first-order valence-electron chi connectivity index (χ1n) is 5.54. The van der Waals surface area contributed by atoms with Gasteiger partial charge in [-0.2, -0.15) is 0 Å². The average Bonchev–Trinajstić information content (AvgIpc) is 2.71. The van der Waals surface area contributed by atoms with E-state index >= 15 is 0 Å². The van der Waals surface area contributed by atoms with Gasteiger partial charge in [0, 0.05) is 17.5 Å². The molecule has 2 amide bonds. The number of amides is 2. The Bertz CT molecular complexity index is 649. The van der Waals surface area contributed by atoms with E-state index in [9.17, 15) is 9.59 Å². The van der Waals surface area contributed by atoms with Crippen LogP contribution in [0.1, 0.15) is 17.3 Å². The van der Waals surface area contributed by atoms with Crippen molar-refractivity contribution in [3.8, 4) is 10.4 Å². The summed E-state index contributed by atoms with van der Waals surface area (Å²) in [6.07, 6.45) is 0. The van der Waals surface area contributed by atoms with Gasteiger partial charge in [0.15, 0.2) is 0 Å². The molecule has 0 aliphatic carbocycles. The van der Waals surface area contributed by atoms with E-state index in [2.05, 4.69) is 5.32 Å². The van der Waals surface area contributed by atoms with Gasteiger partial charge in [-0.3, -0.25) is 9.59 Å². The fourth-order valence-electron chi connectivity index (χ4n) is 1.69. The van der Waals surface area contributed by atoms with Crippen LogP contribution < -0.4 is 16.8 Å². The highest BCUT2D eigenvalue weighted by Crippen LogP contribution is 2.34. The molecule has 0 atom stereocenters. The maximum absolute atomic E-state index is 11.2. The van der Waals surface area contributed by atoms with Crippen molar-refractivity contribution in [3.05, 3.63) is 35.9 Å². The quantitative estimate of drug-likeness (QED) is 0.799. The predicted octanol–water partition coefficient (Wildman–Crippen LogP) is 2.05. The van der Waals surface area contributed by atoms with Gasteiger partial charge in [0.1, 0.15) is 0 Å². The highest BCUT2D eigenvalue weighted by molar-refractivity contribution is 7.19. The molecule has 0 bridgehead atoms. The average molecular weight is 275 g/mol. The number of carbonyl (C=O) groups is 2. The molecule has 98 valence electrons. The summed E-state index contributed by atoms with van der Waals surface area (Å²) in [5.74, 6) is -0.682. The SMILES string of the molecule is CC(=O)Nc1cccc(-c2cc(C(N)=O)c(N)s2)c1. The van der Waals surface area contributed by atoms with E-state index in [1.807, 2.05) is 18.2 Å². The number of benzene rings is 1. The van der Waals surface area contributed by atoms with Crippen LogP contribution >= 0.6 is 11.3 Å². The van der Waals surface area contributed by atoms with Gasteiger partial charge in [0.25, 0.3) is 5.91 Å². The Balaban J connectivity index is 2.39. The maximum Gasteiger partial charge on any atom is 0.251 e. The molecule has 5 nitrogen and oxygen atoms in total. The van der Waals surface area contributed by atoms with Crippen molar-refractivity contribution in [1.29, 1.82) is 0 Å². The molecule has 0 aliphatic rings. The lowest BCUT2D eigenvalue weighted by atomic mass is 10.1. The van der Waals surface area contributed by atoms with Gasteiger partial charge in [-0.25, -0.2) is 0 Å². The van der Waals surface area contributed by atoms with Gasteiger partial charge in [-0.05, 0) is 23.8 Å². The molecule has 6 heteroatoms. The van der Waals surface area contributed by atoms with Crippen molar-refractivity contribution in [1.82, 2.24) is 0 Å². The van der Waals surface area contributed by atoms with Crippen LogP contribution in [0.4, 0.5) is 10.7 Å². The molecule has 0 spiro atoms. The number of thiophene rings is 1. The van der Waals surface area contributed by atoms with Crippen LogP contribution in [0.3, 0.4) is 0 Å². The van der Waals surface area contributed by atoms with Crippen LogP contribution in [0.25, 0.3) is 10.4 Å². The summed E-state index contributed by atoms with van der Waals surface area (Å²) < 4.78 is 0. The third-order valence-corrected chi connectivity index (χ3v) is 3.51. The summed E-state index contributed by atoms with van der Waals surface area (Å²) in [6.45, 7) is 1.45. The molecule has 1 aromatic carbocycles. The second-order valence-corrected chi connectivity index (χ2v) is 5.10. The molecule has 0 fully saturated rings. The molecular weight excluding hydrogens is 262 g/mol. The molecule has 0 radical (unpaired) electrons. The van der Waals surface area contributed by atoms with Crippen molar-refractivity contribution in [2.45, 2.75) is 6.92 Å². The summed E-state index contributed by atoms with van der Waals surface area (Å²) in [6, 6.07) is 8.96. The lowest BCUT2D eigenvalue weighted by molar-refractivity contribution is -0.114. The standard InChI is InChI=1S/C13H13N3O2S/c1-7(17)16-9-4-2-3-8(5-9)11-6-10(12(14)18)13(15)19-11/h2-6H,15H2,1H3,(H2,14,18)(H,16,17). The minimum absolute atomic E-state index is 0.138. The number of nitrogens with two attached hydrogens (primary N) is 2. The van der Waals surface area contributed by atoms with E-state index in [-0.39, 0.29) is 5.91 Å². The number of rotatable bonds is 3. The Labute approximate surface area is 114 Å². The Kier molecular flexibility index (Phi) is 3.52. The van der Waals surface area contributed by atoms with Gasteiger partial charge < -0.3 is 16.8 Å². The third-order valence-electron chi connectivity index (χ3n) is 2.49. The van der Waals surface area contributed by atoms with Crippen LogP contribution in [0, 0.1) is 0 Å². The highest BCUT2D eigenvalue weighted by Gasteiger charge is 2.12. The van der Waals surface area contributed by atoms with E-state index in [0.29, 0.717) is 16.3 Å². The maximum atomic E-state index is 11.2. The molecule has 1 aromatic heterocycles. The van der Waals surface area contributed by atoms with Gasteiger partial charge in [-0.15, -0.1) is 11.3 Å². The van der Waals surface area contributed by atoms with Crippen molar-refractivity contribution in [2.75, 3.05) is 11.1 Å². The number of hydrogen-bond donors (Lipinski definition) is 3. The number of nitrogens with one attached hydrogen (secondary N) is 1.